The number of hydrogen-bond acceptors (Lipinski definition) is 2. The van der Waals surface area contributed by atoms with E-state index in [1.54, 1.807) is 0 Å². The molecule has 2 heteroatoms. The molecule has 10 aromatic rings. The van der Waals surface area contributed by atoms with Crippen LogP contribution in [-0.2, 0) is 0 Å². The van der Waals surface area contributed by atoms with Gasteiger partial charge in [-0.15, -0.1) is 0 Å². The average Bonchev–Trinajstić information content (AvgIpc) is 3.31. The summed E-state index contributed by atoms with van der Waals surface area (Å²) in [4.78, 5) is 10.5. The zero-order valence-corrected chi connectivity index (χ0v) is 32.8. The maximum atomic E-state index is 5.29. The van der Waals surface area contributed by atoms with Crippen LogP contribution in [0.4, 0.5) is 0 Å². The molecular formula is C57H40N2. The minimum absolute atomic E-state index is 0.689. The minimum atomic E-state index is 0.689. The van der Waals surface area contributed by atoms with Crippen molar-refractivity contribution in [2.45, 2.75) is 6.92 Å². The summed E-state index contributed by atoms with van der Waals surface area (Å²) >= 11 is 0. The van der Waals surface area contributed by atoms with Crippen LogP contribution in [0.15, 0.2) is 218 Å². The van der Waals surface area contributed by atoms with E-state index in [2.05, 4.69) is 212 Å². The minimum Gasteiger partial charge on any atom is -0.228 e. The molecule has 10 rings (SSSR count). The monoisotopic (exact) mass is 752 g/mol. The van der Waals surface area contributed by atoms with Crippen molar-refractivity contribution in [3.8, 4) is 67.3 Å². The number of allylic oxidation sites excluding steroid dienone is 3. The van der Waals surface area contributed by atoms with Crippen LogP contribution in [0.3, 0.4) is 0 Å². The molecule has 0 unspecified atom stereocenters. The second-order valence-electron chi connectivity index (χ2n) is 14.9. The maximum absolute atomic E-state index is 5.29. The normalized spacial score (nSPS) is 11.7. The van der Waals surface area contributed by atoms with Gasteiger partial charge in [0.25, 0.3) is 0 Å². The Morgan fingerprint density at radius 3 is 1.46 bits per heavy atom. The molecule has 9 aromatic carbocycles. The highest BCUT2D eigenvalue weighted by molar-refractivity contribution is 6.21. The fourth-order valence-corrected chi connectivity index (χ4v) is 8.40. The lowest BCUT2D eigenvalue weighted by molar-refractivity contribution is 1.18. The Morgan fingerprint density at radius 1 is 0.339 bits per heavy atom. The third-order valence-corrected chi connectivity index (χ3v) is 11.2. The topological polar surface area (TPSA) is 25.8 Å². The van der Waals surface area contributed by atoms with E-state index >= 15 is 0 Å². The van der Waals surface area contributed by atoms with Gasteiger partial charge >= 0.3 is 0 Å². The van der Waals surface area contributed by atoms with E-state index in [0.29, 0.717) is 5.82 Å². The molecule has 0 atom stereocenters. The number of aromatic nitrogens is 2. The number of fused-ring (bicyclic) bond motifs is 3. The van der Waals surface area contributed by atoms with Crippen molar-refractivity contribution >= 4 is 38.4 Å². The first-order valence-electron chi connectivity index (χ1n) is 20.2. The van der Waals surface area contributed by atoms with Crippen LogP contribution in [0.1, 0.15) is 12.5 Å². The Hall–Kier alpha value is -7.68. The zero-order valence-electron chi connectivity index (χ0n) is 32.8. The van der Waals surface area contributed by atoms with Crippen molar-refractivity contribution in [2.24, 2.45) is 0 Å². The van der Waals surface area contributed by atoms with E-state index in [0.717, 1.165) is 39.2 Å². The summed E-state index contributed by atoms with van der Waals surface area (Å²) < 4.78 is 0. The Labute approximate surface area is 345 Å². The summed E-state index contributed by atoms with van der Waals surface area (Å²) in [7, 11) is 0. The van der Waals surface area contributed by atoms with Crippen molar-refractivity contribution in [1.29, 1.82) is 0 Å². The van der Waals surface area contributed by atoms with Gasteiger partial charge in [-0.05, 0) is 102 Å². The van der Waals surface area contributed by atoms with Crippen molar-refractivity contribution < 1.29 is 0 Å². The number of hydrogen-bond donors (Lipinski definition) is 0. The van der Waals surface area contributed by atoms with Gasteiger partial charge < -0.3 is 0 Å². The van der Waals surface area contributed by atoms with Gasteiger partial charge in [-0.3, -0.25) is 0 Å². The maximum Gasteiger partial charge on any atom is 0.160 e. The largest absolute Gasteiger partial charge is 0.228 e. The lowest BCUT2D eigenvalue weighted by Crippen LogP contribution is -1.96. The summed E-state index contributed by atoms with van der Waals surface area (Å²) in [6.45, 7) is 2.04. The molecule has 0 amide bonds. The first kappa shape index (κ1) is 35.7. The first-order chi connectivity index (χ1) is 29.2. The summed E-state index contributed by atoms with van der Waals surface area (Å²) in [6, 6.07) is 71.5. The van der Waals surface area contributed by atoms with Gasteiger partial charge in [-0.2, -0.15) is 0 Å². The molecule has 1 heterocycles. The molecule has 0 fully saturated rings. The van der Waals surface area contributed by atoms with E-state index in [1.807, 2.05) is 19.1 Å². The Kier molecular flexibility index (Phi) is 9.50. The van der Waals surface area contributed by atoms with Crippen LogP contribution in [0.25, 0.3) is 106 Å². The van der Waals surface area contributed by atoms with E-state index in [-0.39, 0.29) is 0 Å². The molecule has 1 aromatic heterocycles. The second-order valence-corrected chi connectivity index (χ2v) is 14.9. The number of benzene rings is 9. The van der Waals surface area contributed by atoms with Gasteiger partial charge in [0.2, 0.25) is 0 Å². The number of nitrogens with zero attached hydrogens (tertiary/aromatic N) is 2. The molecule has 0 saturated carbocycles. The van der Waals surface area contributed by atoms with Crippen LogP contribution in [0.2, 0.25) is 0 Å². The molecule has 0 spiro atoms. The van der Waals surface area contributed by atoms with Crippen molar-refractivity contribution in [1.82, 2.24) is 9.97 Å². The lowest BCUT2D eigenvalue weighted by atomic mass is 9.85. The van der Waals surface area contributed by atoms with Gasteiger partial charge in [-0.1, -0.05) is 200 Å². The highest BCUT2D eigenvalue weighted by Gasteiger charge is 2.18. The Balaban J connectivity index is 1.09. The van der Waals surface area contributed by atoms with Gasteiger partial charge in [0.15, 0.2) is 5.82 Å². The van der Waals surface area contributed by atoms with Crippen molar-refractivity contribution in [3.05, 3.63) is 224 Å². The molecule has 0 radical (unpaired) electrons. The summed E-state index contributed by atoms with van der Waals surface area (Å²) in [6.07, 6.45) is 8.41. The molecule has 0 N–H and O–H groups in total. The average molecular weight is 753 g/mol. The molecule has 59 heavy (non-hydrogen) atoms. The van der Waals surface area contributed by atoms with E-state index < -0.39 is 0 Å². The van der Waals surface area contributed by atoms with E-state index in [4.69, 9.17) is 9.97 Å². The highest BCUT2D eigenvalue weighted by Crippen LogP contribution is 2.44. The van der Waals surface area contributed by atoms with Crippen LogP contribution in [-0.4, -0.2) is 9.97 Å². The van der Waals surface area contributed by atoms with Crippen LogP contribution in [0.5, 0.6) is 0 Å². The predicted octanol–water partition coefficient (Wildman–Crippen LogP) is 15.5. The quantitative estimate of drug-likeness (QED) is 0.114. The molecule has 0 aliphatic heterocycles. The fourth-order valence-electron chi connectivity index (χ4n) is 8.40. The van der Waals surface area contributed by atoms with Crippen molar-refractivity contribution in [2.75, 3.05) is 0 Å². The molecular weight excluding hydrogens is 713 g/mol. The Morgan fingerprint density at radius 2 is 0.831 bits per heavy atom. The molecule has 0 aliphatic rings. The van der Waals surface area contributed by atoms with Crippen LogP contribution in [0, 0.1) is 0 Å². The standard InChI is InChI=1S/C57H40N2/c1-2-3-6-22-43-35-47(36-44-23-11-12-26-48(43)44)39-31-33-41(34-32-39)54-38-53(40-18-7-4-8-19-40)58-57(59-54)46-25-17-24-45(37-46)56-51-29-15-13-27-49(51)55(42-20-9-5-10-21-42)50-28-14-16-30-52(50)56/h2-38H,1H3/b3-2-,22-6-. The van der Waals surface area contributed by atoms with Crippen LogP contribution >= 0.6 is 0 Å². The molecule has 0 saturated heterocycles. The molecule has 0 bridgehead atoms. The van der Waals surface area contributed by atoms with E-state index in [1.165, 1.54) is 60.1 Å². The summed E-state index contributed by atoms with van der Waals surface area (Å²) in [5, 5.41) is 7.36. The van der Waals surface area contributed by atoms with Gasteiger partial charge in [0.1, 0.15) is 0 Å². The smallest absolute Gasteiger partial charge is 0.160 e. The van der Waals surface area contributed by atoms with Gasteiger partial charge in [0, 0.05) is 16.7 Å². The lowest BCUT2D eigenvalue weighted by Gasteiger charge is -2.18. The Bertz CT molecular complexity index is 3140. The zero-order chi connectivity index (χ0) is 39.5. The SMILES string of the molecule is C/C=C\C=C/c1cc(-c2ccc(-c3cc(-c4ccccc4)nc(-c4cccc(-c5c6ccccc6c(-c6ccccc6)c6ccccc56)c4)n3)cc2)cc2ccccc12. The summed E-state index contributed by atoms with van der Waals surface area (Å²) in [5.41, 5.74) is 13.2. The summed E-state index contributed by atoms with van der Waals surface area (Å²) in [5.74, 6) is 0.689. The van der Waals surface area contributed by atoms with E-state index in [9.17, 15) is 0 Å². The fraction of sp³-hybridized carbons (Fsp3) is 0.0175. The second kappa shape index (κ2) is 15.7. The number of rotatable bonds is 8. The molecule has 0 aliphatic carbocycles. The highest BCUT2D eigenvalue weighted by atomic mass is 14.9. The predicted molar refractivity (Wildman–Crippen MR) is 251 cm³/mol. The third kappa shape index (κ3) is 6.92. The van der Waals surface area contributed by atoms with Gasteiger partial charge in [-0.25, -0.2) is 9.97 Å². The van der Waals surface area contributed by atoms with Crippen molar-refractivity contribution in [3.63, 3.8) is 0 Å². The molecule has 278 valence electrons. The van der Waals surface area contributed by atoms with Crippen LogP contribution < -0.4 is 0 Å². The third-order valence-electron chi connectivity index (χ3n) is 11.2. The van der Waals surface area contributed by atoms with Gasteiger partial charge in [0.05, 0.1) is 11.4 Å². The molecule has 2 nitrogen and oxygen atoms in total. The first-order valence-corrected chi connectivity index (χ1v) is 20.2.